The second-order valence-corrected chi connectivity index (χ2v) is 5.47. The lowest BCUT2D eigenvalue weighted by Gasteiger charge is -2.11. The third kappa shape index (κ3) is 3.81. The number of aromatic nitrogens is 1. The summed E-state index contributed by atoms with van der Waals surface area (Å²) < 4.78 is 0. The lowest BCUT2D eigenvalue weighted by atomic mass is 10.1. The fourth-order valence-electron chi connectivity index (χ4n) is 2.09. The van der Waals surface area contributed by atoms with Gasteiger partial charge in [-0.15, -0.1) is 0 Å². The molecule has 0 radical (unpaired) electrons. The smallest absolute Gasteiger partial charge is 0.251 e. The second-order valence-electron chi connectivity index (χ2n) is 5.47. The SMILES string of the molecule is Cc1ccccc1CNC(=O)c1cc(N)nc(C(C)C)c1. The summed E-state index contributed by atoms with van der Waals surface area (Å²) in [7, 11) is 0. The van der Waals surface area contributed by atoms with Crippen LogP contribution >= 0.6 is 0 Å². The second kappa shape index (κ2) is 6.39. The Kier molecular flexibility index (Phi) is 4.58. The summed E-state index contributed by atoms with van der Waals surface area (Å²) in [6.45, 7) is 6.58. The number of aryl methyl sites for hydroxylation is 1. The molecule has 0 atom stereocenters. The normalized spacial score (nSPS) is 10.7. The van der Waals surface area contributed by atoms with Crippen LogP contribution in [0.4, 0.5) is 5.82 Å². The van der Waals surface area contributed by atoms with Crippen molar-refractivity contribution in [3.05, 3.63) is 58.8 Å². The molecule has 1 aromatic carbocycles. The van der Waals surface area contributed by atoms with Crippen LogP contribution in [0.15, 0.2) is 36.4 Å². The lowest BCUT2D eigenvalue weighted by molar-refractivity contribution is 0.0950. The molecule has 4 heteroatoms. The van der Waals surface area contributed by atoms with E-state index in [0.29, 0.717) is 17.9 Å². The van der Waals surface area contributed by atoms with Crippen LogP contribution in [0, 0.1) is 6.92 Å². The van der Waals surface area contributed by atoms with Gasteiger partial charge >= 0.3 is 0 Å². The molecule has 0 aliphatic rings. The largest absolute Gasteiger partial charge is 0.384 e. The molecule has 1 heterocycles. The number of amides is 1. The molecule has 0 fully saturated rings. The van der Waals surface area contributed by atoms with Crippen molar-refractivity contribution in [1.82, 2.24) is 10.3 Å². The van der Waals surface area contributed by atoms with E-state index >= 15 is 0 Å². The number of pyridine rings is 1. The van der Waals surface area contributed by atoms with Gasteiger partial charge in [-0.25, -0.2) is 4.98 Å². The zero-order valence-corrected chi connectivity index (χ0v) is 12.7. The van der Waals surface area contributed by atoms with Gasteiger partial charge in [0.2, 0.25) is 0 Å². The van der Waals surface area contributed by atoms with E-state index in [9.17, 15) is 4.79 Å². The van der Waals surface area contributed by atoms with Crippen LogP contribution in [0.5, 0.6) is 0 Å². The fraction of sp³-hybridized carbons (Fsp3) is 0.294. The Hall–Kier alpha value is -2.36. The van der Waals surface area contributed by atoms with Gasteiger partial charge in [-0.05, 0) is 36.1 Å². The number of hydrogen-bond acceptors (Lipinski definition) is 3. The van der Waals surface area contributed by atoms with E-state index in [1.54, 1.807) is 12.1 Å². The predicted octanol–water partition coefficient (Wildman–Crippen LogP) is 3.03. The minimum Gasteiger partial charge on any atom is -0.384 e. The van der Waals surface area contributed by atoms with Gasteiger partial charge in [0.1, 0.15) is 5.82 Å². The number of nitrogens with two attached hydrogens (primary N) is 1. The van der Waals surface area contributed by atoms with Gasteiger partial charge in [-0.2, -0.15) is 0 Å². The molecule has 0 aliphatic carbocycles. The quantitative estimate of drug-likeness (QED) is 0.906. The number of carbonyl (C=O) groups is 1. The van der Waals surface area contributed by atoms with Crippen molar-refractivity contribution in [2.45, 2.75) is 33.2 Å². The minimum atomic E-state index is -0.130. The van der Waals surface area contributed by atoms with Crippen LogP contribution in [0.3, 0.4) is 0 Å². The van der Waals surface area contributed by atoms with Crippen molar-refractivity contribution < 1.29 is 4.79 Å². The first-order valence-corrected chi connectivity index (χ1v) is 7.07. The summed E-state index contributed by atoms with van der Waals surface area (Å²) in [5, 5.41) is 2.93. The highest BCUT2D eigenvalue weighted by molar-refractivity contribution is 5.94. The Balaban J connectivity index is 2.12. The first-order valence-electron chi connectivity index (χ1n) is 7.07. The number of carbonyl (C=O) groups excluding carboxylic acids is 1. The maximum atomic E-state index is 12.3. The van der Waals surface area contributed by atoms with Crippen LogP contribution in [-0.2, 0) is 6.54 Å². The van der Waals surface area contributed by atoms with Crippen molar-refractivity contribution in [3.63, 3.8) is 0 Å². The Labute approximate surface area is 125 Å². The maximum absolute atomic E-state index is 12.3. The van der Waals surface area contributed by atoms with Gasteiger partial charge in [0, 0.05) is 17.8 Å². The number of nitrogens with one attached hydrogen (secondary N) is 1. The molecule has 0 saturated heterocycles. The number of anilines is 1. The molecule has 1 aromatic heterocycles. The van der Waals surface area contributed by atoms with Crippen molar-refractivity contribution in [2.75, 3.05) is 5.73 Å². The number of rotatable bonds is 4. The highest BCUT2D eigenvalue weighted by Gasteiger charge is 2.11. The van der Waals surface area contributed by atoms with Crippen molar-refractivity contribution in [3.8, 4) is 0 Å². The average molecular weight is 283 g/mol. The molecule has 0 spiro atoms. The minimum absolute atomic E-state index is 0.130. The first-order chi connectivity index (χ1) is 9.97. The van der Waals surface area contributed by atoms with E-state index in [2.05, 4.69) is 10.3 Å². The number of benzene rings is 1. The molecule has 0 bridgehead atoms. The summed E-state index contributed by atoms with van der Waals surface area (Å²) in [6.07, 6.45) is 0. The number of hydrogen-bond donors (Lipinski definition) is 2. The zero-order valence-electron chi connectivity index (χ0n) is 12.7. The number of nitrogen functional groups attached to an aromatic ring is 1. The summed E-state index contributed by atoms with van der Waals surface area (Å²) in [5.74, 6) is 0.480. The summed E-state index contributed by atoms with van der Waals surface area (Å²) in [6, 6.07) is 11.4. The molecule has 0 unspecified atom stereocenters. The number of nitrogens with zero attached hydrogens (tertiary/aromatic N) is 1. The van der Waals surface area contributed by atoms with E-state index < -0.39 is 0 Å². The van der Waals surface area contributed by atoms with Gasteiger partial charge in [0.25, 0.3) is 5.91 Å². The molecule has 4 nitrogen and oxygen atoms in total. The summed E-state index contributed by atoms with van der Waals surface area (Å²) in [5.41, 5.74) is 9.43. The van der Waals surface area contributed by atoms with E-state index in [1.165, 1.54) is 0 Å². The summed E-state index contributed by atoms with van der Waals surface area (Å²) >= 11 is 0. The van der Waals surface area contributed by atoms with Gasteiger partial charge in [-0.1, -0.05) is 38.1 Å². The van der Waals surface area contributed by atoms with Gasteiger partial charge in [-0.3, -0.25) is 4.79 Å². The van der Waals surface area contributed by atoms with Gasteiger partial charge in [0.05, 0.1) is 0 Å². The van der Waals surface area contributed by atoms with Crippen LogP contribution in [0.1, 0.15) is 46.9 Å². The molecule has 21 heavy (non-hydrogen) atoms. The molecule has 1 amide bonds. The van der Waals surface area contributed by atoms with Crippen molar-refractivity contribution in [1.29, 1.82) is 0 Å². The van der Waals surface area contributed by atoms with E-state index in [0.717, 1.165) is 16.8 Å². The van der Waals surface area contributed by atoms with Crippen molar-refractivity contribution in [2.24, 2.45) is 0 Å². The highest BCUT2D eigenvalue weighted by Crippen LogP contribution is 2.16. The average Bonchev–Trinajstić information content (AvgIpc) is 2.45. The Morgan fingerprint density at radius 1 is 1.29 bits per heavy atom. The van der Waals surface area contributed by atoms with E-state index in [-0.39, 0.29) is 11.8 Å². The van der Waals surface area contributed by atoms with Crippen LogP contribution in [0.25, 0.3) is 0 Å². The van der Waals surface area contributed by atoms with Crippen LogP contribution in [-0.4, -0.2) is 10.9 Å². The maximum Gasteiger partial charge on any atom is 0.251 e. The lowest BCUT2D eigenvalue weighted by Crippen LogP contribution is -2.23. The Bertz CT molecular complexity index is 650. The zero-order chi connectivity index (χ0) is 15.4. The Morgan fingerprint density at radius 2 is 2.00 bits per heavy atom. The van der Waals surface area contributed by atoms with Gasteiger partial charge in [0.15, 0.2) is 0 Å². The molecular weight excluding hydrogens is 262 g/mol. The monoisotopic (exact) mass is 283 g/mol. The van der Waals surface area contributed by atoms with Gasteiger partial charge < -0.3 is 11.1 Å². The first kappa shape index (κ1) is 15.0. The molecular formula is C17H21N3O. The molecule has 0 saturated carbocycles. The topological polar surface area (TPSA) is 68.0 Å². The molecule has 3 N–H and O–H groups in total. The molecule has 2 aromatic rings. The van der Waals surface area contributed by atoms with Crippen molar-refractivity contribution >= 4 is 11.7 Å². The predicted molar refractivity (Wildman–Crippen MR) is 85.1 cm³/mol. The summed E-state index contributed by atoms with van der Waals surface area (Å²) in [4.78, 5) is 16.5. The third-order valence-corrected chi connectivity index (χ3v) is 3.42. The fourth-order valence-corrected chi connectivity index (χ4v) is 2.09. The molecule has 2 rings (SSSR count). The van der Waals surface area contributed by atoms with E-state index in [1.807, 2.05) is 45.0 Å². The Morgan fingerprint density at radius 3 is 2.67 bits per heavy atom. The third-order valence-electron chi connectivity index (χ3n) is 3.42. The van der Waals surface area contributed by atoms with E-state index in [4.69, 9.17) is 5.73 Å². The molecule has 0 aliphatic heterocycles. The standard InChI is InChI=1S/C17H21N3O/c1-11(2)15-8-14(9-16(18)20-15)17(21)19-10-13-7-5-4-6-12(13)3/h4-9,11H,10H2,1-3H3,(H2,18,20)(H,19,21). The molecule has 110 valence electrons. The van der Waals surface area contributed by atoms with Crippen LogP contribution in [0.2, 0.25) is 0 Å². The highest BCUT2D eigenvalue weighted by atomic mass is 16.1. The van der Waals surface area contributed by atoms with Crippen LogP contribution < -0.4 is 11.1 Å².